The van der Waals surface area contributed by atoms with Gasteiger partial charge in [0.15, 0.2) is 19.0 Å². The minimum atomic E-state index is -0.614. The molecule has 0 N–H and O–H groups in total. The zero-order valence-electron chi connectivity index (χ0n) is 14.2. The molecule has 2 aromatic rings. The lowest BCUT2D eigenvalue weighted by Gasteiger charge is -2.04. The van der Waals surface area contributed by atoms with Crippen LogP contribution in [0.15, 0.2) is 54.6 Å². The summed E-state index contributed by atoms with van der Waals surface area (Å²) in [7, 11) is 1.54. The Labute approximate surface area is 151 Å². The second-order valence-corrected chi connectivity index (χ2v) is 5.11. The Morgan fingerprint density at radius 2 is 1.69 bits per heavy atom. The number of hydrogen-bond acceptors (Lipinski definition) is 6. The second-order valence-electron chi connectivity index (χ2n) is 5.11. The van der Waals surface area contributed by atoms with Crippen molar-refractivity contribution in [1.82, 2.24) is 0 Å². The van der Waals surface area contributed by atoms with Gasteiger partial charge in [-0.25, -0.2) is 4.79 Å². The van der Waals surface area contributed by atoms with Crippen LogP contribution in [-0.2, 0) is 9.53 Å². The van der Waals surface area contributed by atoms with Crippen LogP contribution in [0.4, 0.5) is 0 Å². The highest BCUT2D eigenvalue weighted by molar-refractivity contribution is 5.99. The maximum Gasteiger partial charge on any atom is 0.331 e. The van der Waals surface area contributed by atoms with Crippen molar-refractivity contribution in [2.75, 3.05) is 20.3 Å². The number of ether oxygens (including phenoxy) is 3. The van der Waals surface area contributed by atoms with Gasteiger partial charge < -0.3 is 14.2 Å². The Hall–Kier alpha value is -3.59. The summed E-state index contributed by atoms with van der Waals surface area (Å²) >= 11 is 0. The van der Waals surface area contributed by atoms with Crippen molar-refractivity contribution >= 4 is 17.8 Å². The maximum atomic E-state index is 12.0. The van der Waals surface area contributed by atoms with E-state index in [1.165, 1.54) is 13.2 Å². The summed E-state index contributed by atoms with van der Waals surface area (Å²) < 4.78 is 15.1. The molecule has 0 aliphatic carbocycles. The van der Waals surface area contributed by atoms with Gasteiger partial charge in [0.25, 0.3) is 0 Å². The molecule has 0 radical (unpaired) electrons. The van der Waals surface area contributed by atoms with Crippen LogP contribution in [0.5, 0.6) is 11.5 Å². The third-order valence-electron chi connectivity index (χ3n) is 3.35. The van der Waals surface area contributed by atoms with Crippen LogP contribution < -0.4 is 9.47 Å². The number of carbonyl (C=O) groups excluding carboxylic acids is 2. The van der Waals surface area contributed by atoms with Crippen LogP contribution >= 0.6 is 0 Å². The molecule has 0 aliphatic heterocycles. The minimum Gasteiger partial charge on any atom is -0.497 e. The zero-order chi connectivity index (χ0) is 18.8. The zero-order valence-corrected chi connectivity index (χ0v) is 14.2. The van der Waals surface area contributed by atoms with Gasteiger partial charge in [0, 0.05) is 11.6 Å². The first kappa shape index (κ1) is 18.7. The summed E-state index contributed by atoms with van der Waals surface area (Å²) in [5, 5.41) is 8.45. The van der Waals surface area contributed by atoms with Crippen molar-refractivity contribution in [1.29, 1.82) is 5.26 Å². The topological polar surface area (TPSA) is 85.6 Å². The summed E-state index contributed by atoms with van der Waals surface area (Å²) in [6.45, 7) is -0.361. The smallest absolute Gasteiger partial charge is 0.331 e. The summed E-state index contributed by atoms with van der Waals surface area (Å²) in [5.74, 6) is 0.298. The number of nitriles is 1. The first-order valence-corrected chi connectivity index (χ1v) is 7.74. The quantitative estimate of drug-likeness (QED) is 0.413. The van der Waals surface area contributed by atoms with Gasteiger partial charge in [-0.2, -0.15) is 5.26 Å². The van der Waals surface area contributed by atoms with Gasteiger partial charge in [0.05, 0.1) is 7.11 Å². The number of carbonyl (C=O) groups is 2. The van der Waals surface area contributed by atoms with Gasteiger partial charge >= 0.3 is 5.97 Å². The summed E-state index contributed by atoms with van der Waals surface area (Å²) in [6, 6.07) is 15.3. The first-order valence-electron chi connectivity index (χ1n) is 7.74. The van der Waals surface area contributed by atoms with E-state index in [1.807, 2.05) is 6.07 Å². The SMILES string of the molecule is COc1ccc(C(=O)COC(=O)/C=C/c2ccc(OCC#N)cc2)cc1. The minimum absolute atomic E-state index is 0.0241. The van der Waals surface area contributed by atoms with Crippen molar-refractivity contribution in [3.8, 4) is 17.6 Å². The fraction of sp³-hybridized carbons (Fsp3) is 0.150. The van der Waals surface area contributed by atoms with E-state index >= 15 is 0 Å². The Bertz CT molecular complexity index is 817. The molecule has 6 heteroatoms. The summed E-state index contributed by atoms with van der Waals surface area (Å²) in [6.07, 6.45) is 2.81. The molecule has 2 aromatic carbocycles. The Morgan fingerprint density at radius 3 is 2.31 bits per heavy atom. The van der Waals surface area contributed by atoms with E-state index in [9.17, 15) is 9.59 Å². The number of methoxy groups -OCH3 is 1. The normalized spacial score (nSPS) is 10.2. The van der Waals surface area contributed by atoms with E-state index in [1.54, 1.807) is 54.6 Å². The molecule has 0 atom stereocenters. The van der Waals surface area contributed by atoms with Crippen molar-refractivity contribution in [3.05, 3.63) is 65.7 Å². The van der Waals surface area contributed by atoms with Crippen LogP contribution in [0.3, 0.4) is 0 Å². The number of nitrogens with zero attached hydrogens (tertiary/aromatic N) is 1. The lowest BCUT2D eigenvalue weighted by atomic mass is 10.1. The highest BCUT2D eigenvalue weighted by Gasteiger charge is 2.08. The van der Waals surface area contributed by atoms with Gasteiger partial charge in [0.2, 0.25) is 0 Å². The number of esters is 1. The number of benzene rings is 2. The molecule has 6 nitrogen and oxygen atoms in total. The molecule has 0 fully saturated rings. The third kappa shape index (κ3) is 5.80. The predicted octanol–water partition coefficient (Wildman–Crippen LogP) is 3.04. The monoisotopic (exact) mass is 351 g/mol. The van der Waals surface area contributed by atoms with Crippen LogP contribution in [0, 0.1) is 11.3 Å². The Kier molecular flexibility index (Phi) is 6.95. The van der Waals surface area contributed by atoms with E-state index in [2.05, 4.69) is 0 Å². The Balaban J connectivity index is 1.82. The van der Waals surface area contributed by atoms with E-state index in [4.69, 9.17) is 19.5 Å². The van der Waals surface area contributed by atoms with Crippen LogP contribution in [-0.4, -0.2) is 32.1 Å². The molecule has 0 amide bonds. The molecule has 0 aliphatic rings. The second kappa shape index (κ2) is 9.64. The van der Waals surface area contributed by atoms with E-state index in [-0.39, 0.29) is 19.0 Å². The van der Waals surface area contributed by atoms with Gasteiger partial charge in [-0.1, -0.05) is 12.1 Å². The molecular formula is C20H17NO5. The number of Topliss-reactive ketones (excluding diaryl/α,β-unsaturated/α-hetero) is 1. The Morgan fingerprint density at radius 1 is 1.04 bits per heavy atom. The molecule has 0 spiro atoms. The van der Waals surface area contributed by atoms with Crippen LogP contribution in [0.25, 0.3) is 6.08 Å². The van der Waals surface area contributed by atoms with E-state index < -0.39 is 5.97 Å². The third-order valence-corrected chi connectivity index (χ3v) is 3.35. The summed E-state index contributed by atoms with van der Waals surface area (Å²) in [5.41, 5.74) is 1.20. The number of hydrogen-bond donors (Lipinski definition) is 0. The average Bonchev–Trinajstić information content (AvgIpc) is 2.69. The molecule has 0 saturated heterocycles. The van der Waals surface area contributed by atoms with Crippen molar-refractivity contribution < 1.29 is 23.8 Å². The largest absolute Gasteiger partial charge is 0.497 e. The highest BCUT2D eigenvalue weighted by Crippen LogP contribution is 2.13. The number of ketones is 1. The lowest BCUT2D eigenvalue weighted by Crippen LogP contribution is -2.12. The molecule has 2 rings (SSSR count). The van der Waals surface area contributed by atoms with Gasteiger partial charge in [-0.15, -0.1) is 0 Å². The van der Waals surface area contributed by atoms with Crippen molar-refractivity contribution in [3.63, 3.8) is 0 Å². The van der Waals surface area contributed by atoms with Crippen molar-refractivity contribution in [2.45, 2.75) is 0 Å². The van der Waals surface area contributed by atoms with Crippen molar-refractivity contribution in [2.24, 2.45) is 0 Å². The van der Waals surface area contributed by atoms with Crippen LogP contribution in [0.1, 0.15) is 15.9 Å². The van der Waals surface area contributed by atoms with Gasteiger partial charge in [0.1, 0.15) is 17.6 Å². The maximum absolute atomic E-state index is 12.0. The molecule has 0 bridgehead atoms. The predicted molar refractivity (Wildman–Crippen MR) is 94.9 cm³/mol. The molecule has 0 heterocycles. The van der Waals surface area contributed by atoms with Gasteiger partial charge in [-0.3, -0.25) is 4.79 Å². The fourth-order valence-corrected chi connectivity index (χ4v) is 2.00. The standard InChI is InChI=1S/C20H17NO5/c1-24-17-9-5-16(6-10-17)19(22)14-26-20(23)11-4-15-2-7-18(8-3-15)25-13-12-21/h2-11H,13-14H2,1H3/b11-4+. The highest BCUT2D eigenvalue weighted by atomic mass is 16.5. The molecule has 0 unspecified atom stereocenters. The molecule has 0 aromatic heterocycles. The van der Waals surface area contributed by atoms with Gasteiger partial charge in [-0.05, 0) is 48.0 Å². The van der Waals surface area contributed by atoms with Crippen LogP contribution in [0.2, 0.25) is 0 Å². The summed E-state index contributed by atoms with van der Waals surface area (Å²) in [4.78, 5) is 23.7. The molecular weight excluding hydrogens is 334 g/mol. The molecule has 26 heavy (non-hydrogen) atoms. The molecule has 0 saturated carbocycles. The fourth-order valence-electron chi connectivity index (χ4n) is 2.00. The number of rotatable bonds is 8. The van der Waals surface area contributed by atoms with E-state index in [0.717, 1.165) is 5.56 Å². The van der Waals surface area contributed by atoms with E-state index in [0.29, 0.717) is 17.1 Å². The average molecular weight is 351 g/mol. The lowest BCUT2D eigenvalue weighted by molar-refractivity contribution is -0.136. The first-order chi connectivity index (χ1) is 12.6. The molecule has 132 valence electrons.